The summed E-state index contributed by atoms with van der Waals surface area (Å²) in [6.07, 6.45) is 76.5. The van der Waals surface area contributed by atoms with Crippen molar-refractivity contribution in [2.75, 3.05) is 13.2 Å². The van der Waals surface area contributed by atoms with Gasteiger partial charge in [-0.2, -0.15) is 0 Å². The molecule has 0 spiro atoms. The van der Waals surface area contributed by atoms with Crippen molar-refractivity contribution in [1.29, 1.82) is 0 Å². The average molecular weight is 958 g/mol. The number of allylic oxidation sites excluding steroid dienone is 18. The molecule has 0 fully saturated rings. The Morgan fingerprint density at radius 3 is 1.10 bits per heavy atom. The summed E-state index contributed by atoms with van der Waals surface area (Å²) in [5.41, 5.74) is 0. The smallest absolute Gasteiger partial charge is 0.306 e. The Bertz CT molecular complexity index is 1420. The molecule has 0 heterocycles. The second-order valence-corrected chi connectivity index (χ2v) is 18.5. The van der Waals surface area contributed by atoms with Crippen LogP contribution in [0.3, 0.4) is 0 Å². The molecule has 0 saturated heterocycles. The van der Waals surface area contributed by atoms with Crippen molar-refractivity contribution in [2.24, 2.45) is 0 Å². The van der Waals surface area contributed by atoms with E-state index in [0.29, 0.717) is 19.3 Å². The number of carbonyl (C=O) groups excluding carboxylic acids is 3. The van der Waals surface area contributed by atoms with E-state index in [4.69, 9.17) is 14.2 Å². The third kappa shape index (κ3) is 54.9. The summed E-state index contributed by atoms with van der Waals surface area (Å²) in [5.74, 6) is -0.983. The molecule has 0 aliphatic rings. The van der Waals surface area contributed by atoms with Gasteiger partial charge in [-0.3, -0.25) is 14.4 Å². The molecule has 6 nitrogen and oxygen atoms in total. The van der Waals surface area contributed by atoms with Gasteiger partial charge < -0.3 is 14.2 Å². The van der Waals surface area contributed by atoms with Crippen molar-refractivity contribution in [3.63, 3.8) is 0 Å². The highest BCUT2D eigenvalue weighted by Gasteiger charge is 2.19. The standard InChI is InChI=1S/C63H104O6/c1-4-7-10-13-16-19-22-25-28-30-31-33-35-38-41-44-47-50-53-56-62(65)68-59-60(58-67-61(64)55-52-49-46-43-40-37-34-27-24-21-18-15-12-9-6-3)69-63(66)57-54-51-48-45-42-39-36-32-29-26-23-20-17-14-11-8-5-2/h8-9,11-12,15,17-18,20-21,24,26,29-31,36,39,45,48,60H,4-7,10,13-14,16,19,22-23,25,27-28,32-35,37-38,40-44,46-47,49-59H2,1-3H3/b11-8-,12-9-,18-15-,20-17-,24-21-,29-26-,31-30-,39-36-,48-45-. The van der Waals surface area contributed by atoms with E-state index in [-0.39, 0.29) is 37.5 Å². The molecule has 1 atom stereocenters. The second kappa shape index (κ2) is 56.7. The number of carbonyl (C=O) groups is 3. The Morgan fingerprint density at radius 1 is 0.319 bits per heavy atom. The third-order valence-electron chi connectivity index (χ3n) is 11.8. The molecule has 0 aromatic carbocycles. The van der Waals surface area contributed by atoms with E-state index < -0.39 is 6.10 Å². The van der Waals surface area contributed by atoms with Crippen molar-refractivity contribution >= 4 is 17.9 Å². The first-order chi connectivity index (χ1) is 34.0. The lowest BCUT2D eigenvalue weighted by molar-refractivity contribution is -0.167. The SMILES string of the molecule is CC\C=C/C=C\C=C/CCCCCCCCCC(=O)OCC(COC(=O)CCCCCCCCC/C=C\CCCCCCCCCC)OC(=O)CCC/C=C\C/C=C\C/C=C\C/C=C\C/C=C\CC. The van der Waals surface area contributed by atoms with Gasteiger partial charge in [0.05, 0.1) is 0 Å². The monoisotopic (exact) mass is 957 g/mol. The van der Waals surface area contributed by atoms with Gasteiger partial charge in [0.15, 0.2) is 6.10 Å². The molecule has 0 aromatic rings. The highest BCUT2D eigenvalue weighted by molar-refractivity contribution is 5.71. The Hall–Kier alpha value is -3.93. The Balaban J connectivity index is 4.49. The normalized spacial score (nSPS) is 12.9. The first-order valence-corrected chi connectivity index (χ1v) is 28.4. The summed E-state index contributed by atoms with van der Waals surface area (Å²) in [6, 6.07) is 0. The second-order valence-electron chi connectivity index (χ2n) is 18.5. The predicted octanol–water partition coefficient (Wildman–Crippen LogP) is 19.1. The zero-order chi connectivity index (χ0) is 50.0. The maximum absolute atomic E-state index is 12.8. The molecule has 0 aliphatic heterocycles. The van der Waals surface area contributed by atoms with Crippen LogP contribution in [0.2, 0.25) is 0 Å². The lowest BCUT2D eigenvalue weighted by Crippen LogP contribution is -2.30. The maximum atomic E-state index is 12.8. The van der Waals surface area contributed by atoms with Crippen LogP contribution in [-0.2, 0) is 28.6 Å². The van der Waals surface area contributed by atoms with Gasteiger partial charge in [0.1, 0.15) is 13.2 Å². The fourth-order valence-corrected chi connectivity index (χ4v) is 7.59. The molecular formula is C63H104O6. The van der Waals surface area contributed by atoms with E-state index in [0.717, 1.165) is 89.9 Å². The molecule has 0 aliphatic carbocycles. The largest absolute Gasteiger partial charge is 0.462 e. The van der Waals surface area contributed by atoms with Crippen LogP contribution in [0.4, 0.5) is 0 Å². The maximum Gasteiger partial charge on any atom is 0.306 e. The van der Waals surface area contributed by atoms with Crippen LogP contribution < -0.4 is 0 Å². The van der Waals surface area contributed by atoms with Crippen LogP contribution >= 0.6 is 0 Å². The minimum atomic E-state index is -0.817. The molecule has 0 saturated carbocycles. The molecule has 392 valence electrons. The molecular weight excluding hydrogens is 853 g/mol. The third-order valence-corrected chi connectivity index (χ3v) is 11.8. The molecule has 0 N–H and O–H groups in total. The summed E-state index contributed by atoms with van der Waals surface area (Å²) in [4.78, 5) is 38.1. The van der Waals surface area contributed by atoms with Gasteiger partial charge in [-0.1, -0.05) is 239 Å². The van der Waals surface area contributed by atoms with Crippen molar-refractivity contribution in [3.05, 3.63) is 109 Å². The van der Waals surface area contributed by atoms with Gasteiger partial charge in [-0.25, -0.2) is 0 Å². The van der Waals surface area contributed by atoms with Gasteiger partial charge >= 0.3 is 17.9 Å². The highest BCUT2D eigenvalue weighted by Crippen LogP contribution is 2.14. The van der Waals surface area contributed by atoms with Crippen LogP contribution in [0.1, 0.15) is 252 Å². The number of esters is 3. The summed E-state index contributed by atoms with van der Waals surface area (Å²) in [6.45, 7) is 6.34. The van der Waals surface area contributed by atoms with Gasteiger partial charge in [0.25, 0.3) is 0 Å². The Labute approximate surface area is 425 Å². The minimum absolute atomic E-state index is 0.108. The Morgan fingerprint density at radius 2 is 0.652 bits per heavy atom. The fraction of sp³-hybridized carbons (Fsp3) is 0.667. The fourth-order valence-electron chi connectivity index (χ4n) is 7.59. The van der Waals surface area contributed by atoms with E-state index in [1.807, 2.05) is 0 Å². The van der Waals surface area contributed by atoms with Crippen LogP contribution in [0.15, 0.2) is 109 Å². The topological polar surface area (TPSA) is 78.9 Å². The van der Waals surface area contributed by atoms with E-state index in [9.17, 15) is 14.4 Å². The minimum Gasteiger partial charge on any atom is -0.462 e. The van der Waals surface area contributed by atoms with Crippen LogP contribution in [0.25, 0.3) is 0 Å². The van der Waals surface area contributed by atoms with E-state index in [2.05, 4.69) is 130 Å². The van der Waals surface area contributed by atoms with Crippen molar-refractivity contribution < 1.29 is 28.6 Å². The molecule has 6 heteroatoms. The Kier molecular flexibility index (Phi) is 53.4. The van der Waals surface area contributed by atoms with E-state index >= 15 is 0 Å². The highest BCUT2D eigenvalue weighted by atomic mass is 16.6. The number of hydrogen-bond acceptors (Lipinski definition) is 6. The van der Waals surface area contributed by atoms with Gasteiger partial charge in [-0.05, 0) is 103 Å². The van der Waals surface area contributed by atoms with Crippen LogP contribution in [0, 0.1) is 0 Å². The predicted molar refractivity (Wildman–Crippen MR) is 297 cm³/mol. The van der Waals surface area contributed by atoms with Gasteiger partial charge in [-0.15, -0.1) is 0 Å². The average Bonchev–Trinajstić information content (AvgIpc) is 3.35. The van der Waals surface area contributed by atoms with Gasteiger partial charge in [0.2, 0.25) is 0 Å². The first kappa shape index (κ1) is 65.1. The van der Waals surface area contributed by atoms with Gasteiger partial charge in [0, 0.05) is 19.3 Å². The molecule has 0 aromatic heterocycles. The molecule has 0 radical (unpaired) electrons. The summed E-state index contributed by atoms with van der Waals surface area (Å²) >= 11 is 0. The number of rotatable bonds is 50. The summed E-state index contributed by atoms with van der Waals surface area (Å²) < 4.78 is 16.8. The van der Waals surface area contributed by atoms with E-state index in [1.165, 1.54) is 116 Å². The summed E-state index contributed by atoms with van der Waals surface area (Å²) in [5, 5.41) is 0. The van der Waals surface area contributed by atoms with E-state index in [1.54, 1.807) is 0 Å². The lowest BCUT2D eigenvalue weighted by Gasteiger charge is -2.18. The molecule has 69 heavy (non-hydrogen) atoms. The molecule has 1 unspecified atom stereocenters. The molecule has 0 bridgehead atoms. The van der Waals surface area contributed by atoms with Crippen molar-refractivity contribution in [3.8, 4) is 0 Å². The zero-order valence-corrected chi connectivity index (χ0v) is 44.8. The summed E-state index contributed by atoms with van der Waals surface area (Å²) in [7, 11) is 0. The van der Waals surface area contributed by atoms with Crippen LogP contribution in [0.5, 0.6) is 0 Å². The number of hydrogen-bond donors (Lipinski definition) is 0. The molecule has 0 amide bonds. The first-order valence-electron chi connectivity index (χ1n) is 28.4. The lowest BCUT2D eigenvalue weighted by atomic mass is 10.1. The van der Waals surface area contributed by atoms with Crippen molar-refractivity contribution in [1.82, 2.24) is 0 Å². The van der Waals surface area contributed by atoms with Crippen LogP contribution in [-0.4, -0.2) is 37.2 Å². The van der Waals surface area contributed by atoms with Crippen molar-refractivity contribution in [2.45, 2.75) is 258 Å². The molecule has 0 rings (SSSR count). The quantitative estimate of drug-likeness (QED) is 0.0199. The number of unbranched alkanes of at least 4 members (excludes halogenated alkanes) is 23. The zero-order valence-electron chi connectivity index (χ0n) is 44.8. The number of ether oxygens (including phenoxy) is 3.